The molecule has 0 N–H and O–H groups in total. The van der Waals surface area contributed by atoms with Gasteiger partial charge in [-0.2, -0.15) is 0 Å². The van der Waals surface area contributed by atoms with E-state index < -0.39 is 0 Å². The molecule has 0 bridgehead atoms. The predicted molar refractivity (Wildman–Crippen MR) is 85.7 cm³/mol. The molecule has 116 valence electrons. The quantitative estimate of drug-likeness (QED) is 0.816. The van der Waals surface area contributed by atoms with Gasteiger partial charge in [-0.25, -0.2) is 0 Å². The van der Waals surface area contributed by atoms with Crippen molar-refractivity contribution < 1.29 is 9.53 Å². The highest BCUT2D eigenvalue weighted by molar-refractivity contribution is 5.95. The van der Waals surface area contributed by atoms with Gasteiger partial charge in [0.2, 0.25) is 0 Å². The molecule has 1 aromatic carbocycles. The van der Waals surface area contributed by atoms with Crippen molar-refractivity contribution in [3.63, 3.8) is 0 Å². The highest BCUT2D eigenvalue weighted by Gasteiger charge is 2.35. The molecule has 1 aliphatic rings. The maximum absolute atomic E-state index is 12.6. The zero-order chi connectivity index (χ0) is 15.5. The van der Waals surface area contributed by atoms with E-state index in [1.165, 1.54) is 0 Å². The number of benzene rings is 1. The van der Waals surface area contributed by atoms with Crippen molar-refractivity contribution in [1.29, 1.82) is 0 Å². The van der Waals surface area contributed by atoms with Crippen LogP contribution in [-0.2, 0) is 0 Å². The molecule has 0 unspecified atom stereocenters. The first-order chi connectivity index (χ1) is 9.90. The fraction of sp³-hybridized carbons (Fsp3) is 0.611. The summed E-state index contributed by atoms with van der Waals surface area (Å²) in [6, 6.07) is 7.55. The van der Waals surface area contributed by atoms with Crippen LogP contribution >= 0.6 is 0 Å². The molecule has 1 heterocycles. The fourth-order valence-electron chi connectivity index (χ4n) is 2.75. The third-order valence-electron chi connectivity index (χ3n) is 4.21. The summed E-state index contributed by atoms with van der Waals surface area (Å²) < 4.78 is 5.69. The minimum Gasteiger partial charge on any atom is -0.494 e. The second kappa shape index (κ2) is 6.50. The third kappa shape index (κ3) is 3.99. The van der Waals surface area contributed by atoms with Crippen LogP contribution in [0.25, 0.3) is 0 Å². The Morgan fingerprint density at radius 1 is 1.29 bits per heavy atom. The van der Waals surface area contributed by atoms with Crippen LogP contribution in [0.4, 0.5) is 0 Å². The summed E-state index contributed by atoms with van der Waals surface area (Å²) in [5.74, 6) is 1.61. The number of nitrogens with zero attached hydrogens (tertiary/aromatic N) is 1. The zero-order valence-electron chi connectivity index (χ0n) is 13.7. The number of carbonyl (C=O) groups excluding carboxylic acids is 1. The van der Waals surface area contributed by atoms with Crippen molar-refractivity contribution in [2.75, 3.05) is 13.2 Å². The summed E-state index contributed by atoms with van der Waals surface area (Å²) in [5, 5.41) is 0. The SMILES string of the molecule is CC(C)CCOc1ccc(C(=O)N2CCCC2(C)C)cc1. The molecule has 0 spiro atoms. The minimum absolute atomic E-state index is 0.0243. The van der Waals surface area contributed by atoms with Crippen LogP contribution in [0.1, 0.15) is 57.3 Å². The Hall–Kier alpha value is -1.51. The van der Waals surface area contributed by atoms with Crippen LogP contribution in [0.3, 0.4) is 0 Å². The lowest BCUT2D eigenvalue weighted by atomic mass is 10.0. The van der Waals surface area contributed by atoms with Crippen molar-refractivity contribution in [3.05, 3.63) is 29.8 Å². The molecular formula is C18H27NO2. The second-order valence-electron chi connectivity index (χ2n) is 6.93. The van der Waals surface area contributed by atoms with E-state index in [0.29, 0.717) is 5.92 Å². The van der Waals surface area contributed by atoms with Crippen LogP contribution in [0.15, 0.2) is 24.3 Å². The third-order valence-corrected chi connectivity index (χ3v) is 4.21. The van der Waals surface area contributed by atoms with Crippen molar-refractivity contribution >= 4 is 5.91 Å². The number of amides is 1. The van der Waals surface area contributed by atoms with E-state index in [1.807, 2.05) is 29.2 Å². The Labute approximate surface area is 128 Å². The van der Waals surface area contributed by atoms with Crippen LogP contribution in [0.5, 0.6) is 5.75 Å². The Morgan fingerprint density at radius 3 is 2.48 bits per heavy atom. The van der Waals surface area contributed by atoms with Gasteiger partial charge in [0.1, 0.15) is 5.75 Å². The molecule has 21 heavy (non-hydrogen) atoms. The van der Waals surface area contributed by atoms with Crippen molar-refractivity contribution in [2.24, 2.45) is 5.92 Å². The highest BCUT2D eigenvalue weighted by Crippen LogP contribution is 2.30. The van der Waals surface area contributed by atoms with Crippen LogP contribution in [-0.4, -0.2) is 29.5 Å². The monoisotopic (exact) mass is 289 g/mol. The zero-order valence-corrected chi connectivity index (χ0v) is 13.7. The summed E-state index contributed by atoms with van der Waals surface area (Å²) in [4.78, 5) is 14.6. The molecule has 1 fully saturated rings. The lowest BCUT2D eigenvalue weighted by Gasteiger charge is -2.31. The highest BCUT2D eigenvalue weighted by atomic mass is 16.5. The minimum atomic E-state index is -0.0243. The van der Waals surface area contributed by atoms with Gasteiger partial charge in [-0.05, 0) is 63.3 Å². The van der Waals surface area contributed by atoms with Crippen LogP contribution < -0.4 is 4.74 Å². The van der Waals surface area contributed by atoms with Gasteiger partial charge in [-0.15, -0.1) is 0 Å². The molecular weight excluding hydrogens is 262 g/mol. The molecule has 1 aromatic rings. The van der Waals surface area contributed by atoms with Gasteiger partial charge in [-0.3, -0.25) is 4.79 Å². The molecule has 0 aliphatic carbocycles. The van der Waals surface area contributed by atoms with Crippen LogP contribution in [0.2, 0.25) is 0 Å². The van der Waals surface area contributed by atoms with Crippen molar-refractivity contribution in [2.45, 2.75) is 52.5 Å². The van der Waals surface area contributed by atoms with Gasteiger partial charge in [0.15, 0.2) is 0 Å². The van der Waals surface area contributed by atoms with Gasteiger partial charge in [-0.1, -0.05) is 13.8 Å². The molecule has 2 rings (SSSR count). The Kier molecular flexibility index (Phi) is 4.92. The smallest absolute Gasteiger partial charge is 0.254 e. The lowest BCUT2D eigenvalue weighted by Crippen LogP contribution is -2.42. The average Bonchev–Trinajstić information content (AvgIpc) is 2.78. The number of rotatable bonds is 5. The maximum Gasteiger partial charge on any atom is 0.254 e. The summed E-state index contributed by atoms with van der Waals surface area (Å²) in [5.41, 5.74) is 0.727. The molecule has 0 saturated carbocycles. The molecule has 1 amide bonds. The first kappa shape index (κ1) is 15.9. The summed E-state index contributed by atoms with van der Waals surface area (Å²) in [6.07, 6.45) is 3.22. The van der Waals surface area contributed by atoms with Crippen LogP contribution in [0, 0.1) is 5.92 Å². The van der Waals surface area contributed by atoms with E-state index in [0.717, 1.165) is 43.7 Å². The van der Waals surface area contributed by atoms with Crippen molar-refractivity contribution in [1.82, 2.24) is 4.90 Å². The van der Waals surface area contributed by atoms with Crippen molar-refractivity contribution in [3.8, 4) is 5.75 Å². The van der Waals surface area contributed by atoms with E-state index in [1.54, 1.807) is 0 Å². The van der Waals surface area contributed by atoms with Gasteiger partial charge in [0.05, 0.1) is 6.61 Å². The molecule has 3 heteroatoms. The number of hydrogen-bond acceptors (Lipinski definition) is 2. The van der Waals surface area contributed by atoms with Gasteiger partial charge in [0, 0.05) is 17.6 Å². The molecule has 1 aliphatic heterocycles. The number of ether oxygens (including phenoxy) is 1. The van der Waals surface area contributed by atoms with Gasteiger partial charge in [0.25, 0.3) is 5.91 Å². The molecule has 0 aromatic heterocycles. The first-order valence-electron chi connectivity index (χ1n) is 7.95. The average molecular weight is 289 g/mol. The number of likely N-dealkylation sites (tertiary alicyclic amines) is 1. The molecule has 0 radical (unpaired) electrons. The number of carbonyl (C=O) groups is 1. The Morgan fingerprint density at radius 2 is 1.95 bits per heavy atom. The molecule has 3 nitrogen and oxygen atoms in total. The second-order valence-corrected chi connectivity index (χ2v) is 6.93. The largest absolute Gasteiger partial charge is 0.494 e. The topological polar surface area (TPSA) is 29.5 Å². The van der Waals surface area contributed by atoms with E-state index in [-0.39, 0.29) is 11.4 Å². The lowest BCUT2D eigenvalue weighted by molar-refractivity contribution is 0.0652. The maximum atomic E-state index is 12.6. The molecule has 1 saturated heterocycles. The van der Waals surface area contributed by atoms with Gasteiger partial charge < -0.3 is 9.64 Å². The predicted octanol–water partition coefficient (Wildman–Crippen LogP) is 4.13. The van der Waals surface area contributed by atoms with E-state index in [4.69, 9.17) is 4.74 Å². The van der Waals surface area contributed by atoms with E-state index in [9.17, 15) is 4.79 Å². The number of hydrogen-bond donors (Lipinski definition) is 0. The van der Waals surface area contributed by atoms with E-state index >= 15 is 0 Å². The molecule has 0 atom stereocenters. The fourth-order valence-corrected chi connectivity index (χ4v) is 2.75. The normalized spacial score (nSPS) is 17.3. The Bertz CT molecular complexity index is 476. The standard InChI is InChI=1S/C18H27NO2/c1-14(2)10-13-21-16-8-6-15(7-9-16)17(20)19-12-5-11-18(19,3)4/h6-9,14H,5,10-13H2,1-4H3. The summed E-state index contributed by atoms with van der Waals surface area (Å²) >= 11 is 0. The Balaban J connectivity index is 1.97. The summed E-state index contributed by atoms with van der Waals surface area (Å²) in [7, 11) is 0. The summed E-state index contributed by atoms with van der Waals surface area (Å²) in [6.45, 7) is 10.2. The van der Waals surface area contributed by atoms with Gasteiger partial charge >= 0.3 is 0 Å². The van der Waals surface area contributed by atoms with E-state index in [2.05, 4.69) is 27.7 Å². The first-order valence-corrected chi connectivity index (χ1v) is 7.95.